The quantitative estimate of drug-likeness (QED) is 0.812. The number of fused-ring (bicyclic) bond motifs is 1. The first kappa shape index (κ1) is 14.4. The maximum atomic E-state index is 13.0. The summed E-state index contributed by atoms with van der Waals surface area (Å²) in [5.41, 5.74) is 2.54. The number of aromatic nitrogens is 3. The number of amides is 1. The average Bonchev–Trinajstić information content (AvgIpc) is 3.22. The fourth-order valence-corrected chi connectivity index (χ4v) is 4.14. The first-order valence-electron chi connectivity index (χ1n) is 8.21. The van der Waals surface area contributed by atoms with E-state index in [4.69, 9.17) is 0 Å². The molecule has 2 atom stereocenters. The Labute approximate surface area is 135 Å². The summed E-state index contributed by atoms with van der Waals surface area (Å²) in [5.74, 6) is 0.703. The summed E-state index contributed by atoms with van der Waals surface area (Å²) in [6, 6.07) is 4.18. The molecule has 1 aliphatic heterocycles. The summed E-state index contributed by atoms with van der Waals surface area (Å²) in [5, 5.41) is 13.9. The summed E-state index contributed by atoms with van der Waals surface area (Å²) in [6.45, 7) is 2.88. The Balaban J connectivity index is 1.64. The summed E-state index contributed by atoms with van der Waals surface area (Å²) >= 11 is 0. The monoisotopic (exact) mass is 311 g/mol. The van der Waals surface area contributed by atoms with Crippen molar-refractivity contribution < 1.29 is 4.79 Å². The average molecular weight is 311 g/mol. The second kappa shape index (κ2) is 5.45. The van der Waals surface area contributed by atoms with E-state index in [1.807, 2.05) is 19.1 Å². The molecular formula is C17H21N5O. The normalized spacial score (nSPS) is 26.2. The zero-order chi connectivity index (χ0) is 15.9. The number of pyridine rings is 1. The second-order valence-corrected chi connectivity index (χ2v) is 6.57. The van der Waals surface area contributed by atoms with E-state index in [2.05, 4.69) is 25.8 Å². The molecule has 1 saturated carbocycles. The van der Waals surface area contributed by atoms with Crippen molar-refractivity contribution in [2.24, 2.45) is 5.41 Å². The van der Waals surface area contributed by atoms with Crippen LogP contribution in [0.25, 0.3) is 11.1 Å². The predicted octanol–water partition coefficient (Wildman–Crippen LogP) is 2.25. The third-order valence-corrected chi connectivity index (χ3v) is 5.33. The molecule has 2 aromatic rings. The molecule has 0 radical (unpaired) electrons. The van der Waals surface area contributed by atoms with Gasteiger partial charge in [0.2, 0.25) is 5.91 Å². The molecule has 120 valence electrons. The standard InChI is InChI=1S/C17H21N5O/c1-11-14(12-4-3-8-18-10-12)15(22-21-11)20-16(23)17-6-2-5-13(17)19-9-7-17/h3-4,8,10,13,19H,2,5-7,9H2,1H3,(H2,20,21,22,23)/t13-,17+/m1/s1. The van der Waals surface area contributed by atoms with Gasteiger partial charge in [-0.3, -0.25) is 14.9 Å². The molecule has 1 aliphatic carbocycles. The number of anilines is 1. The zero-order valence-electron chi connectivity index (χ0n) is 13.2. The molecule has 2 aromatic heterocycles. The maximum absolute atomic E-state index is 13.0. The minimum Gasteiger partial charge on any atom is -0.313 e. The van der Waals surface area contributed by atoms with E-state index in [1.165, 1.54) is 0 Å². The van der Waals surface area contributed by atoms with Crippen LogP contribution in [0.1, 0.15) is 31.4 Å². The van der Waals surface area contributed by atoms with Crippen LogP contribution in [0.4, 0.5) is 5.82 Å². The van der Waals surface area contributed by atoms with Crippen molar-refractivity contribution in [3.8, 4) is 11.1 Å². The maximum Gasteiger partial charge on any atom is 0.233 e. The molecular weight excluding hydrogens is 290 g/mol. The van der Waals surface area contributed by atoms with E-state index in [0.29, 0.717) is 11.9 Å². The van der Waals surface area contributed by atoms with Gasteiger partial charge in [0.05, 0.1) is 5.41 Å². The predicted molar refractivity (Wildman–Crippen MR) is 87.9 cm³/mol. The molecule has 6 heteroatoms. The molecule has 6 nitrogen and oxygen atoms in total. The lowest BCUT2D eigenvalue weighted by molar-refractivity contribution is -0.125. The fourth-order valence-electron chi connectivity index (χ4n) is 4.14. The van der Waals surface area contributed by atoms with Gasteiger partial charge in [-0.15, -0.1) is 0 Å². The van der Waals surface area contributed by atoms with Gasteiger partial charge < -0.3 is 10.6 Å². The van der Waals surface area contributed by atoms with E-state index in [1.54, 1.807) is 12.4 Å². The van der Waals surface area contributed by atoms with Crippen LogP contribution in [0, 0.1) is 12.3 Å². The van der Waals surface area contributed by atoms with Crippen LogP contribution in [0.2, 0.25) is 0 Å². The lowest BCUT2D eigenvalue weighted by atomic mass is 9.81. The molecule has 4 rings (SSSR count). The highest BCUT2D eigenvalue weighted by Gasteiger charge is 2.51. The van der Waals surface area contributed by atoms with Crippen LogP contribution < -0.4 is 10.6 Å². The fraction of sp³-hybridized carbons (Fsp3) is 0.471. The van der Waals surface area contributed by atoms with Crippen LogP contribution in [-0.4, -0.2) is 33.7 Å². The molecule has 0 aromatic carbocycles. The van der Waals surface area contributed by atoms with E-state index in [0.717, 1.165) is 49.0 Å². The second-order valence-electron chi connectivity index (χ2n) is 6.57. The number of hydrogen-bond acceptors (Lipinski definition) is 4. The number of H-pyrrole nitrogens is 1. The Hall–Kier alpha value is -2.21. The van der Waals surface area contributed by atoms with Gasteiger partial charge in [0.15, 0.2) is 5.82 Å². The largest absolute Gasteiger partial charge is 0.313 e. The molecule has 0 unspecified atom stereocenters. The third-order valence-electron chi connectivity index (χ3n) is 5.33. The van der Waals surface area contributed by atoms with Gasteiger partial charge >= 0.3 is 0 Å². The van der Waals surface area contributed by atoms with Crippen molar-refractivity contribution in [3.05, 3.63) is 30.2 Å². The number of nitrogens with one attached hydrogen (secondary N) is 3. The van der Waals surface area contributed by atoms with Gasteiger partial charge in [0, 0.05) is 35.3 Å². The van der Waals surface area contributed by atoms with Crippen LogP contribution in [0.15, 0.2) is 24.5 Å². The molecule has 1 amide bonds. The third kappa shape index (κ3) is 2.25. The number of nitrogens with zero attached hydrogens (tertiary/aromatic N) is 2. The number of carbonyl (C=O) groups is 1. The number of hydrogen-bond donors (Lipinski definition) is 3. The first-order chi connectivity index (χ1) is 11.2. The van der Waals surface area contributed by atoms with Crippen molar-refractivity contribution in [3.63, 3.8) is 0 Å². The number of rotatable bonds is 3. The Morgan fingerprint density at radius 2 is 2.35 bits per heavy atom. The van der Waals surface area contributed by atoms with Crippen LogP contribution >= 0.6 is 0 Å². The van der Waals surface area contributed by atoms with Crippen molar-refractivity contribution in [1.82, 2.24) is 20.5 Å². The molecule has 1 saturated heterocycles. The summed E-state index contributed by atoms with van der Waals surface area (Å²) in [4.78, 5) is 17.2. The van der Waals surface area contributed by atoms with Crippen molar-refractivity contribution >= 4 is 11.7 Å². The minimum absolute atomic E-state index is 0.0987. The molecule has 23 heavy (non-hydrogen) atoms. The lowest BCUT2D eigenvalue weighted by Crippen LogP contribution is -2.42. The molecule has 3 heterocycles. The summed E-state index contributed by atoms with van der Waals surface area (Å²) in [7, 11) is 0. The topological polar surface area (TPSA) is 82.7 Å². The zero-order valence-corrected chi connectivity index (χ0v) is 13.2. The van der Waals surface area contributed by atoms with Crippen molar-refractivity contribution in [1.29, 1.82) is 0 Å². The Bertz CT molecular complexity index is 714. The van der Waals surface area contributed by atoms with E-state index >= 15 is 0 Å². The lowest BCUT2D eigenvalue weighted by Gasteiger charge is -2.26. The summed E-state index contributed by atoms with van der Waals surface area (Å²) in [6.07, 6.45) is 7.60. The number of aryl methyl sites for hydroxylation is 1. The van der Waals surface area contributed by atoms with Gasteiger partial charge in [-0.25, -0.2) is 0 Å². The van der Waals surface area contributed by atoms with Gasteiger partial charge in [0.1, 0.15) is 0 Å². The van der Waals surface area contributed by atoms with E-state index < -0.39 is 0 Å². The molecule has 2 fully saturated rings. The van der Waals surface area contributed by atoms with Crippen LogP contribution in [-0.2, 0) is 4.79 Å². The molecule has 2 aliphatic rings. The molecule has 0 bridgehead atoms. The SMILES string of the molecule is Cc1[nH]nc(NC(=O)[C@]23CCC[C@H]2NCC3)c1-c1cccnc1. The first-order valence-corrected chi connectivity index (χ1v) is 8.21. The van der Waals surface area contributed by atoms with Crippen LogP contribution in [0.3, 0.4) is 0 Å². The number of carbonyl (C=O) groups excluding carboxylic acids is 1. The molecule has 3 N–H and O–H groups in total. The van der Waals surface area contributed by atoms with Crippen molar-refractivity contribution in [2.75, 3.05) is 11.9 Å². The smallest absolute Gasteiger partial charge is 0.233 e. The molecule has 0 spiro atoms. The highest BCUT2D eigenvalue weighted by atomic mass is 16.2. The van der Waals surface area contributed by atoms with Gasteiger partial charge in [-0.1, -0.05) is 12.5 Å². The van der Waals surface area contributed by atoms with Gasteiger partial charge in [-0.05, 0) is 38.8 Å². The van der Waals surface area contributed by atoms with E-state index in [-0.39, 0.29) is 11.3 Å². The van der Waals surface area contributed by atoms with E-state index in [9.17, 15) is 4.79 Å². The highest BCUT2D eigenvalue weighted by molar-refractivity contribution is 5.99. The van der Waals surface area contributed by atoms with Crippen LogP contribution in [0.5, 0.6) is 0 Å². The van der Waals surface area contributed by atoms with Gasteiger partial charge in [0.25, 0.3) is 0 Å². The number of aromatic amines is 1. The van der Waals surface area contributed by atoms with Gasteiger partial charge in [-0.2, -0.15) is 5.10 Å². The summed E-state index contributed by atoms with van der Waals surface area (Å²) < 4.78 is 0. The minimum atomic E-state index is -0.265. The van der Waals surface area contributed by atoms with Crippen molar-refractivity contribution in [2.45, 2.75) is 38.6 Å². The Morgan fingerprint density at radius 3 is 3.17 bits per heavy atom. The Kier molecular flexibility index (Phi) is 3.41. The highest BCUT2D eigenvalue weighted by Crippen LogP contribution is 2.45. The Morgan fingerprint density at radius 1 is 1.43 bits per heavy atom.